The van der Waals surface area contributed by atoms with E-state index in [1.165, 1.54) is 18.4 Å². The zero-order valence-electron chi connectivity index (χ0n) is 14.2. The minimum atomic E-state index is 0.202. The Labute approximate surface area is 147 Å². The standard InChI is InChI=1S/C19H24N2O2S/c1-15-6-8-17(9-7-15)23-13-18-20-16(14-24-18)12-19(22)21-10-4-2-3-5-11-21/h6-9,14H,2-5,10-13H2,1H3. The van der Waals surface area contributed by atoms with Crippen molar-refractivity contribution >= 4 is 17.2 Å². The van der Waals surface area contributed by atoms with Gasteiger partial charge in [0, 0.05) is 18.5 Å². The molecule has 1 aliphatic rings. The second-order valence-corrected chi connectivity index (χ2v) is 7.25. The number of carbonyl (C=O) groups excluding carboxylic acids is 1. The Bertz CT molecular complexity index is 658. The van der Waals surface area contributed by atoms with Crippen LogP contribution in [0.3, 0.4) is 0 Å². The van der Waals surface area contributed by atoms with Gasteiger partial charge in [-0.05, 0) is 31.9 Å². The fourth-order valence-corrected chi connectivity index (χ4v) is 3.57. The molecule has 1 amide bonds. The van der Waals surface area contributed by atoms with Crippen molar-refractivity contribution < 1.29 is 9.53 Å². The molecule has 24 heavy (non-hydrogen) atoms. The second kappa shape index (κ2) is 8.29. The van der Waals surface area contributed by atoms with Gasteiger partial charge in [-0.2, -0.15) is 0 Å². The van der Waals surface area contributed by atoms with Gasteiger partial charge in [0.25, 0.3) is 0 Å². The molecule has 0 spiro atoms. The van der Waals surface area contributed by atoms with Crippen molar-refractivity contribution in [1.82, 2.24) is 9.88 Å². The SMILES string of the molecule is Cc1ccc(OCc2nc(CC(=O)N3CCCCCC3)cs2)cc1. The summed E-state index contributed by atoms with van der Waals surface area (Å²) in [6.45, 7) is 4.29. The lowest BCUT2D eigenvalue weighted by molar-refractivity contribution is -0.130. The van der Waals surface area contributed by atoms with Gasteiger partial charge in [0.05, 0.1) is 12.1 Å². The van der Waals surface area contributed by atoms with Gasteiger partial charge in [0.1, 0.15) is 17.4 Å². The van der Waals surface area contributed by atoms with E-state index in [9.17, 15) is 4.79 Å². The summed E-state index contributed by atoms with van der Waals surface area (Å²) in [5, 5.41) is 2.89. The molecule has 1 aliphatic heterocycles. The first-order valence-electron chi connectivity index (χ1n) is 8.61. The zero-order valence-corrected chi connectivity index (χ0v) is 15.0. The van der Waals surface area contributed by atoms with Crippen LogP contribution in [0.15, 0.2) is 29.6 Å². The summed E-state index contributed by atoms with van der Waals surface area (Å²) in [4.78, 5) is 18.9. The highest BCUT2D eigenvalue weighted by Gasteiger charge is 2.17. The van der Waals surface area contributed by atoms with Crippen molar-refractivity contribution in [3.05, 3.63) is 45.9 Å². The summed E-state index contributed by atoms with van der Waals surface area (Å²) >= 11 is 1.56. The lowest BCUT2D eigenvalue weighted by atomic mass is 10.2. The van der Waals surface area contributed by atoms with Gasteiger partial charge < -0.3 is 9.64 Å². The summed E-state index contributed by atoms with van der Waals surface area (Å²) in [6.07, 6.45) is 5.12. The van der Waals surface area contributed by atoms with Crippen LogP contribution >= 0.6 is 11.3 Å². The van der Waals surface area contributed by atoms with Crippen LogP contribution in [0.25, 0.3) is 0 Å². The fraction of sp³-hybridized carbons (Fsp3) is 0.474. The molecule has 2 heterocycles. The molecule has 128 valence electrons. The number of carbonyl (C=O) groups is 1. The average molecular weight is 344 g/mol. The molecule has 0 saturated carbocycles. The molecule has 0 unspecified atom stereocenters. The maximum absolute atomic E-state index is 12.4. The molecule has 1 fully saturated rings. The van der Waals surface area contributed by atoms with Gasteiger partial charge in [-0.25, -0.2) is 4.98 Å². The van der Waals surface area contributed by atoms with Crippen LogP contribution in [-0.4, -0.2) is 28.9 Å². The van der Waals surface area contributed by atoms with Crippen molar-refractivity contribution in [3.8, 4) is 5.75 Å². The van der Waals surface area contributed by atoms with Crippen molar-refractivity contribution in [2.24, 2.45) is 0 Å². The topological polar surface area (TPSA) is 42.4 Å². The highest BCUT2D eigenvalue weighted by Crippen LogP contribution is 2.17. The van der Waals surface area contributed by atoms with Crippen LogP contribution in [-0.2, 0) is 17.8 Å². The molecule has 1 saturated heterocycles. The molecule has 3 rings (SSSR count). The molecule has 0 N–H and O–H groups in total. The smallest absolute Gasteiger partial charge is 0.228 e. The molecule has 1 aromatic carbocycles. The van der Waals surface area contributed by atoms with Crippen LogP contribution in [0.5, 0.6) is 5.75 Å². The maximum Gasteiger partial charge on any atom is 0.228 e. The van der Waals surface area contributed by atoms with E-state index in [4.69, 9.17) is 4.74 Å². The van der Waals surface area contributed by atoms with Gasteiger partial charge in [-0.1, -0.05) is 30.5 Å². The fourth-order valence-electron chi connectivity index (χ4n) is 2.86. The molecule has 2 aromatic rings. The minimum Gasteiger partial charge on any atom is -0.486 e. The van der Waals surface area contributed by atoms with E-state index < -0.39 is 0 Å². The highest BCUT2D eigenvalue weighted by atomic mass is 32.1. The van der Waals surface area contributed by atoms with Crippen molar-refractivity contribution in [2.45, 2.75) is 45.6 Å². The van der Waals surface area contributed by atoms with Crippen molar-refractivity contribution in [3.63, 3.8) is 0 Å². The lowest BCUT2D eigenvalue weighted by Crippen LogP contribution is -2.33. The van der Waals surface area contributed by atoms with Crippen LogP contribution in [0.2, 0.25) is 0 Å². The molecule has 5 heteroatoms. The minimum absolute atomic E-state index is 0.202. The third kappa shape index (κ3) is 4.81. The number of hydrogen-bond donors (Lipinski definition) is 0. The predicted molar refractivity (Wildman–Crippen MR) is 96.4 cm³/mol. The first-order chi connectivity index (χ1) is 11.7. The van der Waals surface area contributed by atoms with Crippen LogP contribution in [0.4, 0.5) is 0 Å². The molecule has 0 radical (unpaired) electrons. The predicted octanol–water partition coefficient (Wildman–Crippen LogP) is 3.98. The third-order valence-electron chi connectivity index (χ3n) is 4.27. The number of amides is 1. The van der Waals surface area contributed by atoms with E-state index in [-0.39, 0.29) is 5.91 Å². The summed E-state index contributed by atoms with van der Waals surface area (Å²) in [5.41, 5.74) is 2.07. The average Bonchev–Trinajstić information content (AvgIpc) is 2.85. The Kier molecular flexibility index (Phi) is 5.86. The second-order valence-electron chi connectivity index (χ2n) is 6.31. The molecule has 1 aromatic heterocycles. The van der Waals surface area contributed by atoms with E-state index >= 15 is 0 Å². The van der Waals surface area contributed by atoms with Gasteiger partial charge >= 0.3 is 0 Å². The number of thiazole rings is 1. The molecular weight excluding hydrogens is 320 g/mol. The van der Waals surface area contributed by atoms with E-state index in [0.717, 1.165) is 42.4 Å². The number of hydrogen-bond acceptors (Lipinski definition) is 4. The molecule has 0 aliphatic carbocycles. The lowest BCUT2D eigenvalue weighted by Gasteiger charge is -2.19. The Morgan fingerprint density at radius 2 is 1.88 bits per heavy atom. The molecule has 0 atom stereocenters. The normalized spacial score (nSPS) is 15.1. The number of nitrogens with zero attached hydrogens (tertiary/aromatic N) is 2. The molecular formula is C19H24N2O2S. The number of aromatic nitrogens is 1. The van der Waals surface area contributed by atoms with Crippen molar-refractivity contribution in [1.29, 1.82) is 0 Å². The molecule has 4 nitrogen and oxygen atoms in total. The van der Waals surface area contributed by atoms with E-state index in [0.29, 0.717) is 13.0 Å². The maximum atomic E-state index is 12.4. The first kappa shape index (κ1) is 17.0. The summed E-state index contributed by atoms with van der Waals surface area (Å²) in [5.74, 6) is 1.05. The van der Waals surface area contributed by atoms with Gasteiger partial charge in [0.15, 0.2) is 0 Å². The highest BCUT2D eigenvalue weighted by molar-refractivity contribution is 7.09. The summed E-state index contributed by atoms with van der Waals surface area (Å²) in [6, 6.07) is 7.99. The summed E-state index contributed by atoms with van der Waals surface area (Å²) < 4.78 is 5.75. The van der Waals surface area contributed by atoms with Crippen LogP contribution in [0, 0.1) is 6.92 Å². The number of aryl methyl sites for hydroxylation is 1. The molecule has 0 bridgehead atoms. The third-order valence-corrected chi connectivity index (χ3v) is 5.14. The number of likely N-dealkylation sites (tertiary alicyclic amines) is 1. The van der Waals surface area contributed by atoms with Gasteiger partial charge in [0.2, 0.25) is 5.91 Å². The van der Waals surface area contributed by atoms with Gasteiger partial charge in [-0.3, -0.25) is 4.79 Å². The number of ether oxygens (including phenoxy) is 1. The van der Waals surface area contributed by atoms with Gasteiger partial charge in [-0.15, -0.1) is 11.3 Å². The van der Waals surface area contributed by atoms with E-state index in [1.54, 1.807) is 11.3 Å². The zero-order chi connectivity index (χ0) is 16.8. The Hall–Kier alpha value is -1.88. The number of rotatable bonds is 5. The summed E-state index contributed by atoms with van der Waals surface area (Å²) in [7, 11) is 0. The number of benzene rings is 1. The Balaban J connectivity index is 1.51. The first-order valence-corrected chi connectivity index (χ1v) is 9.49. The van der Waals surface area contributed by atoms with Crippen LogP contribution in [0.1, 0.15) is 41.9 Å². The Morgan fingerprint density at radius 3 is 2.58 bits per heavy atom. The largest absolute Gasteiger partial charge is 0.486 e. The van der Waals surface area contributed by atoms with Crippen LogP contribution < -0.4 is 4.74 Å². The van der Waals surface area contributed by atoms with E-state index in [1.807, 2.05) is 34.5 Å². The van der Waals surface area contributed by atoms with E-state index in [2.05, 4.69) is 11.9 Å². The monoisotopic (exact) mass is 344 g/mol. The van der Waals surface area contributed by atoms with Crippen molar-refractivity contribution in [2.75, 3.05) is 13.1 Å². The Morgan fingerprint density at radius 1 is 1.17 bits per heavy atom. The quantitative estimate of drug-likeness (QED) is 0.824.